The van der Waals surface area contributed by atoms with E-state index in [2.05, 4.69) is 17.0 Å². The number of amides is 1. The molecule has 5 nitrogen and oxygen atoms in total. The van der Waals surface area contributed by atoms with E-state index in [9.17, 15) is 4.79 Å². The molecular formula is C15H20N2O3. The summed E-state index contributed by atoms with van der Waals surface area (Å²) in [5, 5.41) is 0. The summed E-state index contributed by atoms with van der Waals surface area (Å²) < 4.78 is 10.7. The van der Waals surface area contributed by atoms with E-state index in [1.54, 1.807) is 6.92 Å². The van der Waals surface area contributed by atoms with E-state index in [4.69, 9.17) is 9.47 Å². The highest BCUT2D eigenvalue weighted by atomic mass is 16.6. The molecule has 5 heteroatoms. The van der Waals surface area contributed by atoms with E-state index in [1.165, 1.54) is 5.69 Å². The lowest BCUT2D eigenvalue weighted by Crippen LogP contribution is -2.48. The Bertz CT molecular complexity index is 463. The molecule has 0 saturated carbocycles. The van der Waals surface area contributed by atoms with Gasteiger partial charge in [-0.05, 0) is 24.3 Å². The lowest BCUT2D eigenvalue weighted by molar-refractivity contribution is -0.129. The van der Waals surface area contributed by atoms with Gasteiger partial charge >= 0.3 is 0 Å². The normalized spacial score (nSPS) is 21.8. The molecule has 3 rings (SSSR count). The maximum atomic E-state index is 11.3. The topological polar surface area (TPSA) is 45.3 Å². The third-order valence-corrected chi connectivity index (χ3v) is 3.77. The minimum Gasteiger partial charge on any atom is -0.491 e. The van der Waals surface area contributed by atoms with E-state index in [0.29, 0.717) is 6.61 Å². The second-order valence-corrected chi connectivity index (χ2v) is 5.25. The van der Waals surface area contributed by atoms with E-state index < -0.39 is 0 Å². The Morgan fingerprint density at radius 1 is 1.25 bits per heavy atom. The average molecular weight is 276 g/mol. The molecule has 20 heavy (non-hydrogen) atoms. The molecule has 1 atom stereocenters. The number of anilines is 1. The Kier molecular flexibility index (Phi) is 3.78. The summed E-state index contributed by atoms with van der Waals surface area (Å²) >= 11 is 0. The van der Waals surface area contributed by atoms with E-state index in [0.717, 1.165) is 38.5 Å². The van der Waals surface area contributed by atoms with Crippen molar-refractivity contribution in [2.45, 2.75) is 13.0 Å². The van der Waals surface area contributed by atoms with Crippen LogP contribution in [0.3, 0.4) is 0 Å². The number of epoxide rings is 1. The van der Waals surface area contributed by atoms with Crippen molar-refractivity contribution in [3.8, 4) is 5.75 Å². The van der Waals surface area contributed by atoms with Crippen LogP contribution in [0.15, 0.2) is 24.3 Å². The monoisotopic (exact) mass is 276 g/mol. The lowest BCUT2D eigenvalue weighted by atomic mass is 10.2. The zero-order valence-electron chi connectivity index (χ0n) is 11.7. The summed E-state index contributed by atoms with van der Waals surface area (Å²) in [5.74, 6) is 1.04. The quantitative estimate of drug-likeness (QED) is 0.774. The van der Waals surface area contributed by atoms with Crippen LogP contribution in [0.4, 0.5) is 5.69 Å². The van der Waals surface area contributed by atoms with E-state index in [-0.39, 0.29) is 12.0 Å². The van der Waals surface area contributed by atoms with E-state index in [1.807, 2.05) is 17.0 Å². The molecule has 0 bridgehead atoms. The summed E-state index contributed by atoms with van der Waals surface area (Å²) in [4.78, 5) is 15.5. The molecule has 2 aliphatic rings. The third kappa shape index (κ3) is 3.22. The molecule has 1 aromatic carbocycles. The fourth-order valence-electron chi connectivity index (χ4n) is 2.39. The first kappa shape index (κ1) is 13.2. The number of rotatable bonds is 4. The van der Waals surface area contributed by atoms with Crippen molar-refractivity contribution in [2.24, 2.45) is 0 Å². The Hall–Kier alpha value is -1.75. The maximum absolute atomic E-state index is 11.3. The number of carbonyl (C=O) groups is 1. The number of hydrogen-bond acceptors (Lipinski definition) is 4. The molecule has 1 aromatic rings. The number of nitrogens with zero attached hydrogens (tertiary/aromatic N) is 2. The Balaban J connectivity index is 1.53. The maximum Gasteiger partial charge on any atom is 0.219 e. The molecule has 2 fully saturated rings. The van der Waals surface area contributed by atoms with Gasteiger partial charge in [0, 0.05) is 38.8 Å². The molecule has 108 valence electrons. The van der Waals surface area contributed by atoms with Crippen LogP contribution in [-0.4, -0.2) is 56.3 Å². The predicted molar refractivity (Wildman–Crippen MR) is 76.1 cm³/mol. The molecule has 0 aliphatic carbocycles. The van der Waals surface area contributed by atoms with Crippen LogP contribution in [0.2, 0.25) is 0 Å². The Morgan fingerprint density at radius 2 is 1.90 bits per heavy atom. The second kappa shape index (κ2) is 5.71. The number of hydrogen-bond donors (Lipinski definition) is 0. The van der Waals surface area contributed by atoms with Crippen molar-refractivity contribution in [1.82, 2.24) is 4.90 Å². The second-order valence-electron chi connectivity index (χ2n) is 5.25. The summed E-state index contributed by atoms with van der Waals surface area (Å²) in [6.45, 7) is 6.45. The summed E-state index contributed by atoms with van der Waals surface area (Å²) in [6.07, 6.45) is 0.286. The third-order valence-electron chi connectivity index (χ3n) is 3.77. The molecule has 1 unspecified atom stereocenters. The first-order chi connectivity index (χ1) is 9.72. The largest absolute Gasteiger partial charge is 0.491 e. The summed E-state index contributed by atoms with van der Waals surface area (Å²) in [6, 6.07) is 8.14. The van der Waals surface area contributed by atoms with Gasteiger partial charge in [0.2, 0.25) is 5.91 Å². The Morgan fingerprint density at radius 3 is 2.45 bits per heavy atom. The Labute approximate surface area is 119 Å². The zero-order chi connectivity index (χ0) is 13.9. The molecule has 1 amide bonds. The molecule has 0 aromatic heterocycles. The molecule has 2 heterocycles. The standard InChI is InChI=1S/C15H20N2O3/c1-12(18)16-6-8-17(9-7-16)13-2-4-14(5-3-13)19-10-15-11-20-15/h2-5,15H,6-11H2,1H3. The smallest absolute Gasteiger partial charge is 0.219 e. The van der Waals surface area contributed by atoms with Crippen molar-refractivity contribution >= 4 is 11.6 Å². The molecule has 0 N–H and O–H groups in total. The summed E-state index contributed by atoms with van der Waals surface area (Å²) in [7, 11) is 0. The van der Waals surface area contributed by atoms with Crippen LogP contribution in [0.1, 0.15) is 6.92 Å². The van der Waals surface area contributed by atoms with Crippen molar-refractivity contribution in [1.29, 1.82) is 0 Å². The predicted octanol–water partition coefficient (Wildman–Crippen LogP) is 1.13. The number of benzene rings is 1. The lowest BCUT2D eigenvalue weighted by Gasteiger charge is -2.35. The minimum atomic E-state index is 0.163. The first-order valence-corrected chi connectivity index (χ1v) is 7.07. The van der Waals surface area contributed by atoms with Crippen LogP contribution in [-0.2, 0) is 9.53 Å². The highest BCUT2D eigenvalue weighted by Gasteiger charge is 2.23. The van der Waals surface area contributed by atoms with Crippen LogP contribution < -0.4 is 9.64 Å². The highest BCUT2D eigenvalue weighted by molar-refractivity contribution is 5.73. The molecule has 2 saturated heterocycles. The van der Waals surface area contributed by atoms with Gasteiger partial charge in [-0.3, -0.25) is 4.79 Å². The highest BCUT2D eigenvalue weighted by Crippen LogP contribution is 2.21. The molecule has 0 spiro atoms. The first-order valence-electron chi connectivity index (χ1n) is 7.07. The van der Waals surface area contributed by atoms with Crippen LogP contribution in [0.5, 0.6) is 5.75 Å². The van der Waals surface area contributed by atoms with Gasteiger partial charge in [-0.15, -0.1) is 0 Å². The van der Waals surface area contributed by atoms with Crippen LogP contribution >= 0.6 is 0 Å². The fraction of sp³-hybridized carbons (Fsp3) is 0.533. The van der Waals surface area contributed by atoms with Gasteiger partial charge in [-0.1, -0.05) is 0 Å². The van der Waals surface area contributed by atoms with Crippen LogP contribution in [0, 0.1) is 0 Å². The van der Waals surface area contributed by atoms with Gasteiger partial charge in [-0.25, -0.2) is 0 Å². The SMILES string of the molecule is CC(=O)N1CCN(c2ccc(OCC3CO3)cc2)CC1. The van der Waals surface area contributed by atoms with Gasteiger partial charge in [0.25, 0.3) is 0 Å². The molecule has 2 aliphatic heterocycles. The average Bonchev–Trinajstić information content (AvgIpc) is 3.30. The van der Waals surface area contributed by atoms with Crippen molar-refractivity contribution in [3.63, 3.8) is 0 Å². The molecular weight excluding hydrogens is 256 g/mol. The van der Waals surface area contributed by atoms with Gasteiger partial charge in [0.05, 0.1) is 6.61 Å². The van der Waals surface area contributed by atoms with Gasteiger partial charge in [-0.2, -0.15) is 0 Å². The van der Waals surface area contributed by atoms with Crippen molar-refractivity contribution in [2.75, 3.05) is 44.3 Å². The van der Waals surface area contributed by atoms with Gasteiger partial charge < -0.3 is 19.3 Å². The summed E-state index contributed by atoms with van der Waals surface area (Å²) in [5.41, 5.74) is 1.18. The van der Waals surface area contributed by atoms with E-state index >= 15 is 0 Å². The number of ether oxygens (including phenoxy) is 2. The van der Waals surface area contributed by atoms with Crippen molar-refractivity contribution in [3.05, 3.63) is 24.3 Å². The van der Waals surface area contributed by atoms with Gasteiger partial charge in [0.1, 0.15) is 18.5 Å². The number of carbonyl (C=O) groups excluding carboxylic acids is 1. The van der Waals surface area contributed by atoms with Gasteiger partial charge in [0.15, 0.2) is 0 Å². The minimum absolute atomic E-state index is 0.163. The van der Waals surface area contributed by atoms with Crippen LogP contribution in [0.25, 0.3) is 0 Å². The van der Waals surface area contributed by atoms with Crippen molar-refractivity contribution < 1.29 is 14.3 Å². The molecule has 0 radical (unpaired) electrons. The zero-order valence-corrected chi connectivity index (χ0v) is 11.7. The fourth-order valence-corrected chi connectivity index (χ4v) is 2.39. The number of piperazine rings is 1.